The highest BCUT2D eigenvalue weighted by Crippen LogP contribution is 2.40. The molecule has 0 spiro atoms. The van der Waals surface area contributed by atoms with Crippen LogP contribution < -0.4 is 15.8 Å². The topological polar surface area (TPSA) is 114 Å². The number of carbonyl (C=O) groups is 1. The highest BCUT2D eigenvalue weighted by Gasteiger charge is 2.32. The Labute approximate surface area is 263 Å². The van der Waals surface area contributed by atoms with Gasteiger partial charge in [-0.3, -0.25) is 9.69 Å². The number of halogens is 1. The number of rotatable bonds is 8. The summed E-state index contributed by atoms with van der Waals surface area (Å²) in [7, 11) is 3.67. The number of hydrogen-bond acceptors (Lipinski definition) is 8. The summed E-state index contributed by atoms with van der Waals surface area (Å²) < 4.78 is 23.6. The molecular weight excluding hydrogens is 571 g/mol. The molecule has 0 radical (unpaired) electrons. The number of nitrogens with zero attached hydrogens (tertiary/aromatic N) is 6. The zero-order valence-corrected chi connectivity index (χ0v) is 26.6. The standard InChI is InChI=1S/C34H43FN8O2/c1-34(2,20-22-8-6-5-7-9-22)33(44)39-27-19-26(35)25(18-28(27)45-4)30-29-31(36)37-21-38-32(29)43(40-30)24-12-10-23(11-13-24)42-16-14-41(3)15-17-42/h5-9,18-19,21,23-24H,10-17,20H2,1-4H3,(H,39,44)(H2,36,37,38). The van der Waals surface area contributed by atoms with Crippen LogP contribution in [-0.2, 0) is 11.2 Å². The van der Waals surface area contributed by atoms with Crippen LogP contribution in [0.4, 0.5) is 15.9 Å². The maximum Gasteiger partial charge on any atom is 0.230 e. The van der Waals surface area contributed by atoms with Crippen molar-refractivity contribution in [3.8, 4) is 17.0 Å². The quantitative estimate of drug-likeness (QED) is 0.280. The number of anilines is 2. The van der Waals surface area contributed by atoms with E-state index >= 15 is 4.39 Å². The number of hydrogen-bond donors (Lipinski definition) is 2. The van der Waals surface area contributed by atoms with Gasteiger partial charge in [-0.2, -0.15) is 5.10 Å². The normalized spacial score (nSPS) is 19.9. The highest BCUT2D eigenvalue weighted by atomic mass is 19.1. The van der Waals surface area contributed by atoms with Crippen molar-refractivity contribution in [3.63, 3.8) is 0 Å². The van der Waals surface area contributed by atoms with E-state index in [1.165, 1.54) is 19.5 Å². The van der Waals surface area contributed by atoms with Crippen LogP contribution >= 0.6 is 0 Å². The molecule has 2 fully saturated rings. The number of fused-ring (bicyclic) bond motifs is 1. The minimum atomic E-state index is -0.744. The lowest BCUT2D eigenvalue weighted by Crippen LogP contribution is -2.49. The first kappa shape index (κ1) is 30.9. The largest absolute Gasteiger partial charge is 0.495 e. The van der Waals surface area contributed by atoms with Crippen molar-refractivity contribution >= 4 is 28.4 Å². The molecule has 2 aliphatic rings. The molecule has 10 nitrogen and oxygen atoms in total. The third-order valence-electron chi connectivity index (χ3n) is 9.48. The first-order valence-corrected chi connectivity index (χ1v) is 15.8. The van der Waals surface area contributed by atoms with Gasteiger partial charge < -0.3 is 20.7 Å². The summed E-state index contributed by atoms with van der Waals surface area (Å²) in [5.41, 5.74) is 8.09. The smallest absolute Gasteiger partial charge is 0.230 e. The zero-order chi connectivity index (χ0) is 31.7. The number of benzene rings is 2. The van der Waals surface area contributed by atoms with E-state index in [2.05, 4.69) is 32.1 Å². The third-order valence-corrected chi connectivity index (χ3v) is 9.48. The number of nitrogen functional groups attached to an aromatic ring is 1. The van der Waals surface area contributed by atoms with E-state index in [9.17, 15) is 4.79 Å². The second-order valence-corrected chi connectivity index (χ2v) is 13.1. The van der Waals surface area contributed by atoms with Crippen LogP contribution in [0.1, 0.15) is 51.1 Å². The molecular formula is C34H43FN8O2. The first-order valence-electron chi connectivity index (χ1n) is 15.8. The summed E-state index contributed by atoms with van der Waals surface area (Å²) in [5, 5.41) is 8.34. The second kappa shape index (κ2) is 12.7. The van der Waals surface area contributed by atoms with Crippen molar-refractivity contribution in [3.05, 3.63) is 60.2 Å². The molecule has 1 aliphatic carbocycles. The molecule has 3 heterocycles. The summed E-state index contributed by atoms with van der Waals surface area (Å²) in [6.45, 7) is 8.15. The molecule has 238 valence electrons. The number of amides is 1. The number of piperazine rings is 1. The Kier molecular flexibility index (Phi) is 8.74. The van der Waals surface area contributed by atoms with Crippen molar-refractivity contribution in [2.75, 3.05) is 51.4 Å². The van der Waals surface area contributed by atoms with Crippen molar-refractivity contribution in [2.45, 2.75) is 58.0 Å². The third kappa shape index (κ3) is 6.37. The zero-order valence-electron chi connectivity index (χ0n) is 26.6. The van der Waals surface area contributed by atoms with Gasteiger partial charge in [-0.25, -0.2) is 19.0 Å². The Morgan fingerprint density at radius 3 is 2.42 bits per heavy atom. The van der Waals surface area contributed by atoms with E-state index in [1.54, 1.807) is 6.07 Å². The van der Waals surface area contributed by atoms with Crippen LogP contribution in [0.3, 0.4) is 0 Å². The number of likely N-dealkylation sites (N-methyl/N-ethyl adjacent to an activating group) is 1. The lowest BCUT2D eigenvalue weighted by atomic mass is 9.84. The van der Waals surface area contributed by atoms with Crippen molar-refractivity contribution in [2.24, 2.45) is 5.41 Å². The maximum absolute atomic E-state index is 16.0. The van der Waals surface area contributed by atoms with E-state index < -0.39 is 11.2 Å². The van der Waals surface area contributed by atoms with Gasteiger partial charge in [0.25, 0.3) is 0 Å². The monoisotopic (exact) mass is 614 g/mol. The molecule has 2 aromatic heterocycles. The Bertz CT molecular complexity index is 1660. The van der Waals surface area contributed by atoms with E-state index in [0.29, 0.717) is 34.9 Å². The molecule has 1 aliphatic heterocycles. The van der Waals surface area contributed by atoms with Crippen molar-refractivity contribution in [1.29, 1.82) is 0 Å². The fourth-order valence-electron chi connectivity index (χ4n) is 6.77. The van der Waals surface area contributed by atoms with E-state index in [4.69, 9.17) is 15.6 Å². The van der Waals surface area contributed by atoms with Gasteiger partial charge in [0.05, 0.1) is 24.2 Å². The Morgan fingerprint density at radius 2 is 1.73 bits per heavy atom. The van der Waals surface area contributed by atoms with Crippen LogP contribution in [0.25, 0.3) is 22.3 Å². The van der Waals surface area contributed by atoms with E-state index in [1.807, 2.05) is 48.9 Å². The van der Waals surface area contributed by atoms with Crippen LogP contribution in [0.15, 0.2) is 48.8 Å². The Balaban J connectivity index is 1.26. The van der Waals surface area contributed by atoms with Gasteiger partial charge in [-0.15, -0.1) is 0 Å². The predicted molar refractivity (Wildman–Crippen MR) is 175 cm³/mol. The molecule has 45 heavy (non-hydrogen) atoms. The fourth-order valence-corrected chi connectivity index (χ4v) is 6.77. The SMILES string of the molecule is COc1cc(-c2nn(C3CCC(N4CCN(C)CC4)CC3)c3ncnc(N)c23)c(F)cc1NC(=O)C(C)(C)Cc1ccccc1. The summed E-state index contributed by atoms with van der Waals surface area (Å²) in [5.74, 6) is -0.233. The molecule has 2 aromatic carbocycles. The van der Waals surface area contributed by atoms with Gasteiger partial charge in [-0.05, 0) is 50.8 Å². The second-order valence-electron chi connectivity index (χ2n) is 13.1. The van der Waals surface area contributed by atoms with Crippen LogP contribution in [-0.4, -0.2) is 81.8 Å². The Hall–Kier alpha value is -4.09. The molecule has 6 rings (SSSR count). The minimum Gasteiger partial charge on any atom is -0.495 e. The van der Waals surface area contributed by atoms with Crippen molar-refractivity contribution in [1.82, 2.24) is 29.5 Å². The molecule has 11 heteroatoms. The average molecular weight is 615 g/mol. The summed E-state index contributed by atoms with van der Waals surface area (Å²) in [6.07, 6.45) is 6.01. The molecule has 1 saturated heterocycles. The number of ether oxygens (including phenoxy) is 1. The van der Waals surface area contributed by atoms with Crippen molar-refractivity contribution < 1.29 is 13.9 Å². The number of nitrogens with two attached hydrogens (primary N) is 1. The van der Waals surface area contributed by atoms with Gasteiger partial charge in [0.15, 0.2) is 5.65 Å². The van der Waals surface area contributed by atoms with Gasteiger partial charge in [-0.1, -0.05) is 44.2 Å². The molecule has 0 bridgehead atoms. The van der Waals surface area contributed by atoms with Gasteiger partial charge >= 0.3 is 0 Å². The molecule has 0 unspecified atom stereocenters. The van der Waals surface area contributed by atoms with Gasteiger partial charge in [0, 0.05) is 49.3 Å². The first-order chi connectivity index (χ1) is 21.6. The molecule has 4 aromatic rings. The lowest BCUT2D eigenvalue weighted by molar-refractivity contribution is -0.123. The summed E-state index contributed by atoms with van der Waals surface area (Å²) >= 11 is 0. The Morgan fingerprint density at radius 1 is 1.04 bits per heavy atom. The fraction of sp³-hybridized carbons (Fsp3) is 0.471. The molecule has 1 amide bonds. The van der Waals surface area contributed by atoms with Gasteiger partial charge in [0.2, 0.25) is 5.91 Å². The van der Waals surface area contributed by atoms with E-state index in [0.717, 1.165) is 57.4 Å². The van der Waals surface area contributed by atoms with Gasteiger partial charge in [0.1, 0.15) is 29.4 Å². The molecule has 3 N–H and O–H groups in total. The number of aromatic nitrogens is 4. The summed E-state index contributed by atoms with van der Waals surface area (Å²) in [6, 6.07) is 13.4. The number of carbonyl (C=O) groups excluding carboxylic acids is 1. The van der Waals surface area contributed by atoms with E-state index in [-0.39, 0.29) is 29.0 Å². The predicted octanol–water partition coefficient (Wildman–Crippen LogP) is 5.16. The summed E-state index contributed by atoms with van der Waals surface area (Å²) in [4.78, 5) is 27.1. The molecule has 1 saturated carbocycles. The number of nitrogens with one attached hydrogen (secondary N) is 1. The minimum absolute atomic E-state index is 0.120. The molecule has 0 atom stereocenters. The number of methoxy groups -OCH3 is 1. The van der Waals surface area contributed by atoms with Crippen LogP contribution in [0.2, 0.25) is 0 Å². The lowest BCUT2D eigenvalue weighted by Gasteiger charge is -2.41. The average Bonchev–Trinajstić information content (AvgIpc) is 3.42. The van der Waals surface area contributed by atoms with Crippen LogP contribution in [0.5, 0.6) is 5.75 Å². The maximum atomic E-state index is 16.0. The van der Waals surface area contributed by atoms with Crippen LogP contribution in [0, 0.1) is 11.2 Å². The highest BCUT2D eigenvalue weighted by molar-refractivity contribution is 6.00.